The Morgan fingerprint density at radius 3 is 2.67 bits per heavy atom. The number of alkyl halides is 3. The zero-order chi connectivity index (χ0) is 13.6. The van der Waals surface area contributed by atoms with Crippen LogP contribution in [0.15, 0.2) is 18.3 Å². The van der Waals surface area contributed by atoms with E-state index in [-0.39, 0.29) is 17.4 Å². The summed E-state index contributed by atoms with van der Waals surface area (Å²) in [5.74, 6) is -0.533. The van der Waals surface area contributed by atoms with Crippen molar-refractivity contribution in [3.05, 3.63) is 23.9 Å². The molecular weight excluding hydrogens is 251 g/mol. The molecule has 0 bridgehead atoms. The molecule has 0 spiro atoms. The van der Waals surface area contributed by atoms with Gasteiger partial charge in [0.1, 0.15) is 0 Å². The summed E-state index contributed by atoms with van der Waals surface area (Å²) in [5.41, 5.74) is 3.81. The summed E-state index contributed by atoms with van der Waals surface area (Å²) in [6.45, 7) is -0.440. The van der Waals surface area contributed by atoms with Gasteiger partial charge >= 0.3 is 6.18 Å². The lowest BCUT2D eigenvalue weighted by molar-refractivity contribution is -0.364. The average molecular weight is 264 g/mol. The molecule has 8 heteroatoms. The standard InChI is InChI=1S/C10H12F3N3O2/c11-10(12,13)6-18-8-2-1-7(5-16-8)9(17)15-4-3-14/h1-2,5H,3-4,6,14H2,(H,15,17)/p+1. The molecule has 0 atom stereocenters. The molecule has 0 aliphatic rings. The van der Waals surface area contributed by atoms with Gasteiger partial charge in [-0.1, -0.05) is 0 Å². The topological polar surface area (TPSA) is 78.9 Å². The molecule has 5 nitrogen and oxygen atoms in total. The van der Waals surface area contributed by atoms with Gasteiger partial charge in [0, 0.05) is 12.3 Å². The maximum absolute atomic E-state index is 11.9. The highest BCUT2D eigenvalue weighted by atomic mass is 19.4. The summed E-state index contributed by atoms with van der Waals surface area (Å²) in [6, 6.07) is 2.56. The molecular formula is C10H13F3N3O2+. The molecule has 0 aliphatic heterocycles. The Balaban J connectivity index is 2.54. The lowest BCUT2D eigenvalue weighted by atomic mass is 10.2. The van der Waals surface area contributed by atoms with Crippen LogP contribution >= 0.6 is 0 Å². The third-order valence-electron chi connectivity index (χ3n) is 1.84. The lowest BCUT2D eigenvalue weighted by Gasteiger charge is -2.08. The van der Waals surface area contributed by atoms with Crippen LogP contribution in [0.4, 0.5) is 13.2 Å². The van der Waals surface area contributed by atoms with Gasteiger partial charge in [-0.15, -0.1) is 0 Å². The Morgan fingerprint density at radius 2 is 2.17 bits per heavy atom. The quantitative estimate of drug-likeness (QED) is 0.785. The molecule has 4 N–H and O–H groups in total. The Hall–Kier alpha value is -1.83. The van der Waals surface area contributed by atoms with Crippen LogP contribution in [-0.2, 0) is 0 Å². The maximum Gasteiger partial charge on any atom is 0.422 e. The fourth-order valence-corrected chi connectivity index (χ4v) is 1.06. The van der Waals surface area contributed by atoms with Crippen molar-refractivity contribution in [3.8, 4) is 5.88 Å². The molecule has 1 aromatic heterocycles. The van der Waals surface area contributed by atoms with E-state index in [0.717, 1.165) is 6.20 Å². The number of quaternary nitrogens is 1. The number of nitrogens with one attached hydrogen (secondary N) is 1. The summed E-state index contributed by atoms with van der Waals surface area (Å²) in [7, 11) is 0. The number of hydrogen-bond donors (Lipinski definition) is 2. The van der Waals surface area contributed by atoms with Crippen molar-refractivity contribution in [1.82, 2.24) is 10.3 Å². The predicted molar refractivity (Wildman–Crippen MR) is 55.9 cm³/mol. The monoisotopic (exact) mass is 264 g/mol. The number of pyridine rings is 1. The van der Waals surface area contributed by atoms with E-state index in [2.05, 4.69) is 20.8 Å². The van der Waals surface area contributed by atoms with Crippen LogP contribution in [0.3, 0.4) is 0 Å². The minimum Gasteiger partial charge on any atom is -0.468 e. The van der Waals surface area contributed by atoms with Gasteiger partial charge in [-0.2, -0.15) is 13.2 Å². The molecule has 0 saturated heterocycles. The number of nitrogens with zero attached hydrogens (tertiary/aromatic N) is 1. The largest absolute Gasteiger partial charge is 0.468 e. The Bertz CT molecular complexity index is 392. The highest BCUT2D eigenvalue weighted by Crippen LogP contribution is 2.16. The second kappa shape index (κ2) is 6.20. The number of halogens is 3. The number of ether oxygens (including phenoxy) is 1. The number of aromatic nitrogens is 1. The third kappa shape index (κ3) is 5.00. The summed E-state index contributed by atoms with van der Waals surface area (Å²) in [5, 5.41) is 2.56. The number of carbonyl (C=O) groups is 1. The van der Waals surface area contributed by atoms with E-state index < -0.39 is 12.8 Å². The molecule has 0 radical (unpaired) electrons. The molecule has 0 unspecified atom stereocenters. The predicted octanol–water partition coefficient (Wildman–Crippen LogP) is -0.00560. The summed E-state index contributed by atoms with van der Waals surface area (Å²) >= 11 is 0. The molecule has 1 aromatic rings. The first kappa shape index (κ1) is 14.2. The first-order chi connectivity index (χ1) is 8.42. The van der Waals surface area contributed by atoms with Crippen LogP contribution in [0.2, 0.25) is 0 Å². The van der Waals surface area contributed by atoms with Gasteiger partial charge < -0.3 is 15.8 Å². The summed E-state index contributed by atoms with van der Waals surface area (Å²) in [4.78, 5) is 15.0. The van der Waals surface area contributed by atoms with Gasteiger partial charge in [0.15, 0.2) is 6.61 Å². The summed E-state index contributed by atoms with van der Waals surface area (Å²) < 4.78 is 40.0. The number of carbonyl (C=O) groups excluding carboxylic acids is 1. The molecule has 18 heavy (non-hydrogen) atoms. The van der Waals surface area contributed by atoms with Gasteiger partial charge in [0.2, 0.25) is 5.88 Å². The highest BCUT2D eigenvalue weighted by molar-refractivity contribution is 5.93. The van der Waals surface area contributed by atoms with Crippen molar-refractivity contribution >= 4 is 5.91 Å². The van der Waals surface area contributed by atoms with Crippen molar-refractivity contribution in [2.75, 3.05) is 19.7 Å². The third-order valence-corrected chi connectivity index (χ3v) is 1.84. The van der Waals surface area contributed by atoms with Crippen LogP contribution in [0.1, 0.15) is 10.4 Å². The van der Waals surface area contributed by atoms with Crippen LogP contribution in [0.5, 0.6) is 5.88 Å². The van der Waals surface area contributed by atoms with Gasteiger partial charge in [0.05, 0.1) is 18.7 Å². The lowest BCUT2D eigenvalue weighted by Crippen LogP contribution is -2.54. The van der Waals surface area contributed by atoms with Crippen molar-refractivity contribution in [2.24, 2.45) is 0 Å². The first-order valence-electron chi connectivity index (χ1n) is 5.15. The summed E-state index contributed by atoms with van der Waals surface area (Å²) in [6.07, 6.45) is -3.25. The maximum atomic E-state index is 11.9. The van der Waals surface area contributed by atoms with Crippen LogP contribution in [0.25, 0.3) is 0 Å². The average Bonchev–Trinajstić information content (AvgIpc) is 2.33. The van der Waals surface area contributed by atoms with Gasteiger partial charge in [-0.05, 0) is 6.07 Å². The minimum atomic E-state index is -4.41. The van der Waals surface area contributed by atoms with E-state index in [4.69, 9.17) is 0 Å². The molecule has 1 rings (SSSR count). The van der Waals surface area contributed by atoms with E-state index in [1.165, 1.54) is 12.1 Å². The smallest absolute Gasteiger partial charge is 0.422 e. The Labute approximate surface area is 101 Å². The van der Waals surface area contributed by atoms with E-state index >= 15 is 0 Å². The number of amides is 1. The van der Waals surface area contributed by atoms with Crippen molar-refractivity contribution < 1.29 is 28.4 Å². The van der Waals surface area contributed by atoms with E-state index in [1.807, 2.05) is 0 Å². The van der Waals surface area contributed by atoms with Gasteiger partial charge in [0.25, 0.3) is 5.91 Å². The minimum absolute atomic E-state index is 0.180. The molecule has 100 valence electrons. The van der Waals surface area contributed by atoms with Crippen molar-refractivity contribution in [2.45, 2.75) is 6.18 Å². The SMILES string of the molecule is [NH3+]CCNC(=O)c1ccc(OCC(F)(F)F)nc1. The van der Waals surface area contributed by atoms with Gasteiger partial charge in [-0.3, -0.25) is 4.79 Å². The Morgan fingerprint density at radius 1 is 1.44 bits per heavy atom. The second-order valence-corrected chi connectivity index (χ2v) is 3.40. The van der Waals surface area contributed by atoms with Gasteiger partial charge in [-0.25, -0.2) is 4.98 Å². The highest BCUT2D eigenvalue weighted by Gasteiger charge is 2.28. The molecule has 0 aromatic carbocycles. The van der Waals surface area contributed by atoms with E-state index in [0.29, 0.717) is 13.1 Å². The van der Waals surface area contributed by atoms with Crippen LogP contribution in [-0.4, -0.2) is 36.8 Å². The van der Waals surface area contributed by atoms with Crippen LogP contribution in [0, 0.1) is 0 Å². The zero-order valence-electron chi connectivity index (χ0n) is 9.46. The second-order valence-electron chi connectivity index (χ2n) is 3.40. The molecule has 1 amide bonds. The Kier molecular flexibility index (Phi) is 4.90. The fourth-order valence-electron chi connectivity index (χ4n) is 1.06. The first-order valence-corrected chi connectivity index (χ1v) is 5.15. The number of hydrogen-bond acceptors (Lipinski definition) is 3. The number of rotatable bonds is 5. The zero-order valence-corrected chi connectivity index (χ0v) is 9.46. The molecule has 0 fully saturated rings. The molecule has 0 aliphatic carbocycles. The van der Waals surface area contributed by atoms with E-state index in [9.17, 15) is 18.0 Å². The normalized spacial score (nSPS) is 11.1. The van der Waals surface area contributed by atoms with E-state index in [1.54, 1.807) is 0 Å². The fraction of sp³-hybridized carbons (Fsp3) is 0.400. The molecule has 0 saturated carbocycles. The molecule has 1 heterocycles. The van der Waals surface area contributed by atoms with Crippen LogP contribution < -0.4 is 15.8 Å². The van der Waals surface area contributed by atoms with Crippen molar-refractivity contribution in [1.29, 1.82) is 0 Å². The van der Waals surface area contributed by atoms with Crippen molar-refractivity contribution in [3.63, 3.8) is 0 Å².